The molecule has 1 aliphatic carbocycles. The summed E-state index contributed by atoms with van der Waals surface area (Å²) in [5.41, 5.74) is -0.939. The van der Waals surface area contributed by atoms with E-state index in [0.717, 1.165) is 48.8 Å². The van der Waals surface area contributed by atoms with Crippen LogP contribution in [0.3, 0.4) is 0 Å². The van der Waals surface area contributed by atoms with Crippen LogP contribution < -0.4 is 10.2 Å². The van der Waals surface area contributed by atoms with Gasteiger partial charge in [-0.1, -0.05) is 24.4 Å². The van der Waals surface area contributed by atoms with Gasteiger partial charge in [-0.2, -0.15) is 13.2 Å². The second kappa shape index (κ2) is 8.08. The molecule has 0 spiro atoms. The van der Waals surface area contributed by atoms with E-state index in [1.54, 1.807) is 0 Å². The maximum atomic E-state index is 12.9. The normalized spacial score (nSPS) is 15.2. The highest BCUT2D eigenvalue weighted by Gasteiger charge is 2.32. The van der Waals surface area contributed by atoms with E-state index in [2.05, 4.69) is 5.32 Å². The van der Waals surface area contributed by atoms with Gasteiger partial charge in [0.1, 0.15) is 0 Å². The molecule has 1 saturated carbocycles. The van der Waals surface area contributed by atoms with Gasteiger partial charge in [0, 0.05) is 25.9 Å². The molecule has 2 amide bonds. The fraction of sp³-hybridized carbons (Fsp3) is 0.529. The van der Waals surface area contributed by atoms with E-state index in [1.807, 2.05) is 0 Å². The van der Waals surface area contributed by atoms with Crippen molar-refractivity contribution < 1.29 is 22.8 Å². The molecule has 1 fully saturated rings. The summed E-state index contributed by atoms with van der Waals surface area (Å²) in [5, 5.41) is 2.91. The molecule has 4 nitrogen and oxygen atoms in total. The number of carbonyl (C=O) groups is 2. The van der Waals surface area contributed by atoms with Gasteiger partial charge in [0.15, 0.2) is 0 Å². The van der Waals surface area contributed by atoms with Crippen LogP contribution in [0.15, 0.2) is 18.2 Å². The first-order valence-corrected chi connectivity index (χ1v) is 8.50. The fourth-order valence-electron chi connectivity index (χ4n) is 2.93. The van der Waals surface area contributed by atoms with Crippen molar-refractivity contribution in [2.45, 2.75) is 51.2 Å². The average molecular weight is 377 g/mol. The number of anilines is 1. The van der Waals surface area contributed by atoms with Gasteiger partial charge < -0.3 is 10.2 Å². The average Bonchev–Trinajstić information content (AvgIpc) is 3.00. The molecule has 0 unspecified atom stereocenters. The first-order chi connectivity index (χ1) is 11.7. The van der Waals surface area contributed by atoms with Crippen molar-refractivity contribution in [3.05, 3.63) is 28.8 Å². The molecule has 1 aromatic rings. The largest absolute Gasteiger partial charge is 0.416 e. The lowest BCUT2D eigenvalue weighted by Gasteiger charge is -2.23. The van der Waals surface area contributed by atoms with Crippen LogP contribution in [0.2, 0.25) is 5.02 Å². The van der Waals surface area contributed by atoms with Crippen LogP contribution in [0.4, 0.5) is 18.9 Å². The Hall–Kier alpha value is -1.76. The molecule has 0 aliphatic heterocycles. The summed E-state index contributed by atoms with van der Waals surface area (Å²) in [7, 11) is 0. The zero-order valence-electron chi connectivity index (χ0n) is 13.8. The molecule has 0 radical (unpaired) electrons. The number of alkyl halides is 3. The molecule has 0 saturated heterocycles. The number of halogens is 4. The summed E-state index contributed by atoms with van der Waals surface area (Å²) in [6.45, 7) is 1.19. The number of hydrogen-bond acceptors (Lipinski definition) is 2. The molecule has 8 heteroatoms. The smallest absolute Gasteiger partial charge is 0.353 e. The minimum absolute atomic E-state index is 0.00263. The predicted molar refractivity (Wildman–Crippen MR) is 89.5 cm³/mol. The Morgan fingerprint density at radius 1 is 1.28 bits per heavy atom. The van der Waals surface area contributed by atoms with Gasteiger partial charge >= 0.3 is 6.18 Å². The summed E-state index contributed by atoms with van der Waals surface area (Å²) < 4.78 is 38.7. The van der Waals surface area contributed by atoms with Gasteiger partial charge in [0.05, 0.1) is 16.3 Å². The quantitative estimate of drug-likeness (QED) is 0.838. The van der Waals surface area contributed by atoms with Crippen LogP contribution in [0, 0.1) is 0 Å². The molecule has 0 bridgehead atoms. The summed E-state index contributed by atoms with van der Waals surface area (Å²) in [6.07, 6.45) is -0.526. The Bertz CT molecular complexity index is 643. The molecular formula is C17H20ClF3N2O2. The van der Waals surface area contributed by atoms with Gasteiger partial charge in [-0.05, 0) is 31.0 Å². The molecule has 0 aromatic heterocycles. The third-order valence-corrected chi connectivity index (χ3v) is 4.55. The van der Waals surface area contributed by atoms with Gasteiger partial charge in [-0.3, -0.25) is 9.59 Å². The minimum atomic E-state index is -4.54. The van der Waals surface area contributed by atoms with E-state index < -0.39 is 17.6 Å². The van der Waals surface area contributed by atoms with E-state index in [0.29, 0.717) is 0 Å². The fourth-order valence-corrected chi connectivity index (χ4v) is 3.15. The van der Waals surface area contributed by atoms with Gasteiger partial charge in [-0.25, -0.2) is 0 Å². The predicted octanol–water partition coefficient (Wildman–Crippen LogP) is 4.16. The van der Waals surface area contributed by atoms with Gasteiger partial charge in [0.2, 0.25) is 11.8 Å². The lowest BCUT2D eigenvalue weighted by atomic mass is 10.1. The van der Waals surface area contributed by atoms with Crippen molar-refractivity contribution in [1.82, 2.24) is 5.32 Å². The lowest BCUT2D eigenvalue weighted by molar-refractivity contribution is -0.137. The molecule has 1 N–H and O–H groups in total. The Balaban J connectivity index is 2.09. The van der Waals surface area contributed by atoms with E-state index in [4.69, 9.17) is 11.6 Å². The Morgan fingerprint density at radius 3 is 2.48 bits per heavy atom. The third-order valence-electron chi connectivity index (χ3n) is 4.23. The summed E-state index contributed by atoms with van der Waals surface area (Å²) >= 11 is 5.98. The third kappa shape index (κ3) is 5.36. The number of rotatable bonds is 5. The lowest BCUT2D eigenvalue weighted by Crippen LogP contribution is -2.37. The number of benzene rings is 1. The molecule has 138 valence electrons. The maximum Gasteiger partial charge on any atom is 0.416 e. The first kappa shape index (κ1) is 19.6. The summed E-state index contributed by atoms with van der Waals surface area (Å²) in [6, 6.07) is 2.94. The maximum absolute atomic E-state index is 12.9. The van der Waals surface area contributed by atoms with E-state index >= 15 is 0 Å². The van der Waals surface area contributed by atoms with Crippen molar-refractivity contribution in [1.29, 1.82) is 0 Å². The highest BCUT2D eigenvalue weighted by molar-refractivity contribution is 6.33. The topological polar surface area (TPSA) is 49.4 Å². The molecule has 1 aromatic carbocycles. The summed E-state index contributed by atoms with van der Waals surface area (Å²) in [4.78, 5) is 25.0. The van der Waals surface area contributed by atoms with E-state index in [9.17, 15) is 22.8 Å². The molecule has 0 atom stereocenters. The van der Waals surface area contributed by atoms with Crippen LogP contribution in [-0.2, 0) is 15.8 Å². The molecule has 1 aliphatic rings. The first-order valence-electron chi connectivity index (χ1n) is 8.12. The van der Waals surface area contributed by atoms with Crippen LogP contribution in [0.1, 0.15) is 44.6 Å². The number of nitrogens with zero attached hydrogens (tertiary/aromatic N) is 1. The van der Waals surface area contributed by atoms with Crippen molar-refractivity contribution in [2.75, 3.05) is 11.4 Å². The highest BCUT2D eigenvalue weighted by Crippen LogP contribution is 2.35. The van der Waals surface area contributed by atoms with Gasteiger partial charge in [-0.15, -0.1) is 0 Å². The summed E-state index contributed by atoms with van der Waals surface area (Å²) in [5.74, 6) is -0.698. The van der Waals surface area contributed by atoms with Crippen molar-refractivity contribution in [3.63, 3.8) is 0 Å². The van der Waals surface area contributed by atoms with Crippen LogP contribution in [-0.4, -0.2) is 24.4 Å². The van der Waals surface area contributed by atoms with Crippen LogP contribution in [0.5, 0.6) is 0 Å². The Kier molecular flexibility index (Phi) is 6.32. The molecule has 2 rings (SSSR count). The van der Waals surface area contributed by atoms with Crippen LogP contribution >= 0.6 is 11.6 Å². The SMILES string of the molecule is CC(=O)N(CCC(=O)NC1CCCC1)c1cc(C(F)(F)F)ccc1Cl. The minimum Gasteiger partial charge on any atom is -0.353 e. The highest BCUT2D eigenvalue weighted by atomic mass is 35.5. The second-order valence-corrected chi connectivity index (χ2v) is 6.54. The Morgan fingerprint density at radius 2 is 1.92 bits per heavy atom. The molecular weight excluding hydrogens is 357 g/mol. The molecule has 25 heavy (non-hydrogen) atoms. The van der Waals surface area contributed by atoms with Crippen molar-refractivity contribution in [3.8, 4) is 0 Å². The second-order valence-electron chi connectivity index (χ2n) is 6.13. The van der Waals surface area contributed by atoms with Crippen molar-refractivity contribution in [2.24, 2.45) is 0 Å². The number of hydrogen-bond donors (Lipinski definition) is 1. The van der Waals surface area contributed by atoms with E-state index in [1.165, 1.54) is 6.92 Å². The molecule has 0 heterocycles. The van der Waals surface area contributed by atoms with E-state index in [-0.39, 0.29) is 35.6 Å². The van der Waals surface area contributed by atoms with Crippen molar-refractivity contribution >= 4 is 29.1 Å². The monoisotopic (exact) mass is 376 g/mol. The number of amides is 2. The standard InChI is InChI=1S/C17H20ClF3N2O2/c1-11(24)23(9-8-16(25)22-13-4-2-3-5-13)15-10-12(17(19,20)21)6-7-14(15)18/h6-7,10,13H,2-5,8-9H2,1H3,(H,22,25). The zero-order valence-corrected chi connectivity index (χ0v) is 14.6. The zero-order chi connectivity index (χ0) is 18.6. The van der Waals surface area contributed by atoms with Crippen LogP contribution in [0.25, 0.3) is 0 Å². The number of carbonyl (C=O) groups excluding carboxylic acids is 2. The number of nitrogens with one attached hydrogen (secondary N) is 1. The van der Waals surface area contributed by atoms with Gasteiger partial charge in [0.25, 0.3) is 0 Å². The Labute approximate surface area is 149 Å².